The van der Waals surface area contributed by atoms with Gasteiger partial charge in [-0.3, -0.25) is 9.59 Å². The molecule has 1 heterocycles. The largest absolute Gasteiger partial charge is 0.480 e. The van der Waals surface area contributed by atoms with Gasteiger partial charge in [0.2, 0.25) is 0 Å². The Morgan fingerprint density at radius 3 is 2.26 bits per heavy atom. The average Bonchev–Trinajstić information content (AvgIpc) is 2.90. The van der Waals surface area contributed by atoms with Gasteiger partial charge in [-0.25, -0.2) is 0 Å². The fourth-order valence-corrected chi connectivity index (χ4v) is 1.83. The molecule has 0 saturated carbocycles. The maximum atomic E-state index is 10.6. The molecule has 0 radical (unpaired) electrons. The van der Waals surface area contributed by atoms with Crippen molar-refractivity contribution in [3.63, 3.8) is 0 Å². The summed E-state index contributed by atoms with van der Waals surface area (Å²) in [5, 5.41) is 26.3. The fraction of sp³-hybridized carbons (Fsp3) is 0.333. The number of hydrogen-bond donors (Lipinski definition) is 6. The number of aliphatic carboxylic acids is 2. The summed E-state index contributed by atoms with van der Waals surface area (Å²) < 4.78 is 0. The number of fused-ring (bicyclic) bond motifs is 1. The van der Waals surface area contributed by atoms with Gasteiger partial charge in [0, 0.05) is 23.5 Å². The minimum absolute atomic E-state index is 0.347. The van der Waals surface area contributed by atoms with Crippen molar-refractivity contribution in [3.05, 3.63) is 36.0 Å². The number of aromatic amines is 1. The summed E-state index contributed by atoms with van der Waals surface area (Å²) in [6.45, 7) is 1.33. The first-order valence-corrected chi connectivity index (χ1v) is 6.93. The Hall–Kier alpha value is -2.42. The first-order chi connectivity index (χ1) is 10.7. The van der Waals surface area contributed by atoms with Gasteiger partial charge in [0.25, 0.3) is 0 Å². The Bertz CT molecular complexity index is 668. The van der Waals surface area contributed by atoms with Crippen LogP contribution in [0, 0.1) is 0 Å². The van der Waals surface area contributed by atoms with Crippen LogP contribution in [0.1, 0.15) is 12.5 Å². The third kappa shape index (κ3) is 5.37. The van der Waals surface area contributed by atoms with E-state index in [1.165, 1.54) is 6.92 Å². The molecule has 0 spiro atoms. The molecular formula is C15H21N3O5. The number of aliphatic hydroxyl groups is 1. The van der Waals surface area contributed by atoms with Crippen LogP contribution < -0.4 is 11.5 Å². The molecule has 0 aliphatic rings. The number of H-pyrrole nitrogens is 1. The van der Waals surface area contributed by atoms with Crippen molar-refractivity contribution in [1.29, 1.82) is 0 Å². The van der Waals surface area contributed by atoms with E-state index in [2.05, 4.69) is 4.98 Å². The van der Waals surface area contributed by atoms with E-state index >= 15 is 0 Å². The van der Waals surface area contributed by atoms with E-state index in [0.29, 0.717) is 6.42 Å². The molecule has 0 amide bonds. The van der Waals surface area contributed by atoms with Crippen molar-refractivity contribution in [1.82, 2.24) is 4.98 Å². The second-order valence-corrected chi connectivity index (χ2v) is 5.11. The lowest BCUT2D eigenvalue weighted by molar-refractivity contribution is -0.141. The zero-order valence-electron chi connectivity index (χ0n) is 12.6. The summed E-state index contributed by atoms with van der Waals surface area (Å²) in [5.74, 6) is -2.15. The number of rotatable bonds is 5. The SMILES string of the molecule is CC(O)C(N)C(=O)O.N[C@@H](Cc1c[nH]c2ccccc12)C(=O)O. The van der Waals surface area contributed by atoms with Gasteiger partial charge in [-0.2, -0.15) is 0 Å². The molecule has 1 aromatic carbocycles. The Kier molecular flexibility index (Phi) is 6.70. The zero-order valence-corrected chi connectivity index (χ0v) is 12.6. The molecule has 2 rings (SSSR count). The number of hydrogen-bond acceptors (Lipinski definition) is 5. The average molecular weight is 323 g/mol. The summed E-state index contributed by atoms with van der Waals surface area (Å²) in [6.07, 6.45) is 1.18. The molecule has 0 saturated heterocycles. The molecule has 8 nitrogen and oxygen atoms in total. The Morgan fingerprint density at radius 1 is 1.17 bits per heavy atom. The molecule has 0 fully saturated rings. The summed E-state index contributed by atoms with van der Waals surface area (Å²) in [7, 11) is 0. The summed E-state index contributed by atoms with van der Waals surface area (Å²) in [5.41, 5.74) is 12.3. The molecule has 3 atom stereocenters. The monoisotopic (exact) mass is 323 g/mol. The lowest BCUT2D eigenvalue weighted by atomic mass is 10.1. The highest BCUT2D eigenvalue weighted by atomic mass is 16.4. The number of aliphatic hydroxyl groups excluding tert-OH is 1. The smallest absolute Gasteiger partial charge is 0.323 e. The second-order valence-electron chi connectivity index (χ2n) is 5.11. The number of para-hydroxylation sites is 1. The number of carbonyl (C=O) groups is 2. The maximum Gasteiger partial charge on any atom is 0.323 e. The van der Waals surface area contributed by atoms with Gasteiger partial charge in [0.05, 0.1) is 6.10 Å². The zero-order chi connectivity index (χ0) is 17.6. The van der Waals surface area contributed by atoms with Gasteiger partial charge >= 0.3 is 11.9 Å². The van der Waals surface area contributed by atoms with Crippen molar-refractivity contribution < 1.29 is 24.9 Å². The fourth-order valence-electron chi connectivity index (χ4n) is 1.83. The highest BCUT2D eigenvalue weighted by molar-refractivity contribution is 5.84. The van der Waals surface area contributed by atoms with Crippen LogP contribution in [0.3, 0.4) is 0 Å². The Morgan fingerprint density at radius 2 is 1.78 bits per heavy atom. The molecule has 1 aromatic heterocycles. The minimum atomic E-state index is -1.18. The summed E-state index contributed by atoms with van der Waals surface area (Å²) in [6, 6.07) is 5.76. The van der Waals surface area contributed by atoms with Crippen molar-refractivity contribution in [3.8, 4) is 0 Å². The molecular weight excluding hydrogens is 302 g/mol. The van der Waals surface area contributed by atoms with Gasteiger partial charge in [0.15, 0.2) is 0 Å². The van der Waals surface area contributed by atoms with Crippen LogP contribution in [-0.4, -0.2) is 50.4 Å². The van der Waals surface area contributed by atoms with Crippen LogP contribution >= 0.6 is 0 Å². The predicted molar refractivity (Wildman–Crippen MR) is 84.9 cm³/mol. The van der Waals surface area contributed by atoms with Crippen molar-refractivity contribution >= 4 is 22.8 Å². The van der Waals surface area contributed by atoms with Gasteiger partial charge in [0.1, 0.15) is 12.1 Å². The third-order valence-corrected chi connectivity index (χ3v) is 3.24. The van der Waals surface area contributed by atoms with Gasteiger partial charge in [-0.1, -0.05) is 18.2 Å². The van der Waals surface area contributed by atoms with Gasteiger partial charge in [-0.15, -0.1) is 0 Å². The van der Waals surface area contributed by atoms with Crippen molar-refractivity contribution in [2.24, 2.45) is 11.5 Å². The number of nitrogens with one attached hydrogen (secondary N) is 1. The number of carboxylic acids is 2. The number of benzene rings is 1. The Balaban J connectivity index is 0.000000284. The number of aromatic nitrogens is 1. The normalized spacial score (nSPS) is 14.4. The molecule has 2 unspecified atom stereocenters. The van der Waals surface area contributed by atoms with E-state index in [9.17, 15) is 9.59 Å². The molecule has 126 valence electrons. The number of nitrogens with two attached hydrogens (primary N) is 2. The van der Waals surface area contributed by atoms with E-state index < -0.39 is 30.1 Å². The van der Waals surface area contributed by atoms with E-state index in [4.69, 9.17) is 26.8 Å². The van der Waals surface area contributed by atoms with Crippen LogP contribution in [-0.2, 0) is 16.0 Å². The predicted octanol–water partition coefficient (Wildman–Crippen LogP) is -0.0986. The van der Waals surface area contributed by atoms with Gasteiger partial charge < -0.3 is 31.8 Å². The van der Waals surface area contributed by atoms with Crippen LogP contribution in [0.4, 0.5) is 0 Å². The minimum Gasteiger partial charge on any atom is -0.480 e. The van der Waals surface area contributed by atoms with Crippen molar-refractivity contribution in [2.75, 3.05) is 0 Å². The molecule has 0 aliphatic carbocycles. The quantitative estimate of drug-likeness (QED) is 0.447. The van der Waals surface area contributed by atoms with Crippen LogP contribution in [0.5, 0.6) is 0 Å². The van der Waals surface area contributed by atoms with Crippen LogP contribution in [0.15, 0.2) is 30.5 Å². The highest BCUT2D eigenvalue weighted by Crippen LogP contribution is 2.18. The van der Waals surface area contributed by atoms with E-state index in [0.717, 1.165) is 16.5 Å². The lowest BCUT2D eigenvalue weighted by Gasteiger charge is -2.06. The summed E-state index contributed by atoms with van der Waals surface area (Å²) >= 11 is 0. The molecule has 2 aromatic rings. The second kappa shape index (κ2) is 8.28. The van der Waals surface area contributed by atoms with Crippen LogP contribution in [0.2, 0.25) is 0 Å². The van der Waals surface area contributed by atoms with Crippen molar-refractivity contribution in [2.45, 2.75) is 31.5 Å². The van der Waals surface area contributed by atoms with E-state index in [1.807, 2.05) is 30.5 Å². The molecule has 23 heavy (non-hydrogen) atoms. The third-order valence-electron chi connectivity index (χ3n) is 3.24. The van der Waals surface area contributed by atoms with Gasteiger partial charge in [-0.05, 0) is 18.6 Å². The lowest BCUT2D eigenvalue weighted by Crippen LogP contribution is -2.39. The first-order valence-electron chi connectivity index (χ1n) is 6.93. The van der Waals surface area contributed by atoms with E-state index in [1.54, 1.807) is 0 Å². The Labute approximate surface area is 132 Å². The standard InChI is InChI=1S/C11H12N2O2.C4H9NO3/c12-9(11(14)15)5-7-6-13-10-4-2-1-3-8(7)10;1-2(6)3(5)4(7)8/h1-4,6,9,13H,5,12H2,(H,14,15);2-3,6H,5H2,1H3,(H,7,8)/t9-;/m0./s1. The first kappa shape index (κ1) is 18.6. The number of carboxylic acid groups (broad SMARTS) is 2. The maximum absolute atomic E-state index is 10.6. The summed E-state index contributed by atoms with van der Waals surface area (Å²) in [4.78, 5) is 23.6. The van der Waals surface area contributed by atoms with Crippen LogP contribution in [0.25, 0.3) is 10.9 Å². The molecule has 8 N–H and O–H groups in total. The highest BCUT2D eigenvalue weighted by Gasteiger charge is 2.16. The molecule has 0 aliphatic heterocycles. The van der Waals surface area contributed by atoms with E-state index in [-0.39, 0.29) is 0 Å². The topological polar surface area (TPSA) is 163 Å². The molecule has 8 heteroatoms. The molecule has 0 bridgehead atoms.